The van der Waals surface area contributed by atoms with E-state index in [1.807, 2.05) is 0 Å². The molecule has 2 heteroatoms. The van der Waals surface area contributed by atoms with E-state index in [-0.39, 0.29) is 0 Å². The molecule has 0 spiro atoms. The molecule has 4 bridgehead atoms. The molecule has 4 rings (SSSR count). The van der Waals surface area contributed by atoms with E-state index in [0.29, 0.717) is 11.8 Å². The van der Waals surface area contributed by atoms with Gasteiger partial charge in [-0.15, -0.1) is 0 Å². The van der Waals surface area contributed by atoms with Crippen molar-refractivity contribution in [2.24, 2.45) is 0 Å². The van der Waals surface area contributed by atoms with Crippen molar-refractivity contribution < 1.29 is 9.47 Å². The van der Waals surface area contributed by atoms with Crippen LogP contribution >= 0.6 is 0 Å². The summed E-state index contributed by atoms with van der Waals surface area (Å²) in [5.41, 5.74) is 5.65. The summed E-state index contributed by atoms with van der Waals surface area (Å²) >= 11 is 0. The normalized spacial score (nSPS) is 22.3. The van der Waals surface area contributed by atoms with Crippen LogP contribution < -0.4 is 9.47 Å². The van der Waals surface area contributed by atoms with Crippen molar-refractivity contribution >= 4 is 0 Å². The lowest BCUT2D eigenvalue weighted by Crippen LogP contribution is -2.23. The van der Waals surface area contributed by atoms with Crippen LogP contribution in [0.15, 0.2) is 36.4 Å². The van der Waals surface area contributed by atoms with Gasteiger partial charge in [-0.1, -0.05) is 24.3 Å². The number of rotatable bonds is 2. The lowest BCUT2D eigenvalue weighted by atomic mass is 9.66. The van der Waals surface area contributed by atoms with Crippen molar-refractivity contribution in [3.8, 4) is 11.5 Å². The topological polar surface area (TPSA) is 18.5 Å². The summed E-state index contributed by atoms with van der Waals surface area (Å²) < 4.78 is 11.3. The third-order valence-electron chi connectivity index (χ3n) is 5.59. The molecule has 0 N–H and O–H groups in total. The van der Waals surface area contributed by atoms with Crippen molar-refractivity contribution in [3.05, 3.63) is 58.7 Å². The van der Waals surface area contributed by atoms with Gasteiger partial charge in [-0.25, -0.2) is 0 Å². The zero-order chi connectivity index (χ0) is 15.8. The van der Waals surface area contributed by atoms with Gasteiger partial charge in [0.1, 0.15) is 11.5 Å². The van der Waals surface area contributed by atoms with E-state index in [2.05, 4.69) is 36.4 Å². The Balaban J connectivity index is 1.83. The monoisotopic (exact) mass is 308 g/mol. The largest absolute Gasteiger partial charge is 0.496 e. The predicted octanol–water partition coefficient (Wildman–Crippen LogP) is 4.85. The minimum atomic E-state index is 0.548. The second kappa shape index (κ2) is 5.92. The molecule has 2 aromatic rings. The number of hydrogen-bond acceptors (Lipinski definition) is 2. The van der Waals surface area contributed by atoms with Crippen LogP contribution in [0.2, 0.25) is 0 Å². The lowest BCUT2D eigenvalue weighted by Gasteiger charge is -2.39. The highest BCUT2D eigenvalue weighted by Gasteiger charge is 2.37. The second-order valence-electron chi connectivity index (χ2n) is 6.80. The molecule has 0 radical (unpaired) electrons. The van der Waals surface area contributed by atoms with E-state index >= 15 is 0 Å². The van der Waals surface area contributed by atoms with Crippen molar-refractivity contribution in [2.75, 3.05) is 14.2 Å². The molecule has 0 aliphatic heterocycles. The molecule has 2 aliphatic carbocycles. The van der Waals surface area contributed by atoms with Crippen LogP contribution in [0, 0.1) is 0 Å². The fourth-order valence-electron chi connectivity index (χ4n) is 4.20. The highest BCUT2D eigenvalue weighted by atomic mass is 16.5. The fourth-order valence-corrected chi connectivity index (χ4v) is 4.20. The molecule has 1 fully saturated rings. The highest BCUT2D eigenvalue weighted by Crippen LogP contribution is 2.53. The Morgan fingerprint density at radius 1 is 0.739 bits per heavy atom. The molecule has 0 amide bonds. The molecule has 2 nitrogen and oxygen atoms in total. The molecule has 23 heavy (non-hydrogen) atoms. The van der Waals surface area contributed by atoms with Gasteiger partial charge in [0.05, 0.1) is 14.2 Å². The molecule has 2 unspecified atom stereocenters. The average Bonchev–Trinajstić information content (AvgIpc) is 2.55. The minimum absolute atomic E-state index is 0.548. The van der Waals surface area contributed by atoms with Crippen molar-refractivity contribution in [3.63, 3.8) is 0 Å². The van der Waals surface area contributed by atoms with Gasteiger partial charge >= 0.3 is 0 Å². The predicted molar refractivity (Wildman–Crippen MR) is 92.7 cm³/mol. The number of methoxy groups -OCH3 is 2. The van der Waals surface area contributed by atoms with Gasteiger partial charge in [-0.05, 0) is 78.3 Å². The van der Waals surface area contributed by atoms with Crippen LogP contribution in [0.3, 0.4) is 0 Å². The van der Waals surface area contributed by atoms with Crippen LogP contribution in [0.25, 0.3) is 0 Å². The number of fused-ring (bicyclic) bond motifs is 7. The van der Waals surface area contributed by atoms with E-state index in [4.69, 9.17) is 9.47 Å². The van der Waals surface area contributed by atoms with Gasteiger partial charge in [0.25, 0.3) is 0 Å². The Labute approximate surface area is 138 Å². The minimum Gasteiger partial charge on any atom is -0.496 e. The van der Waals surface area contributed by atoms with Crippen LogP contribution in [0.5, 0.6) is 11.5 Å². The van der Waals surface area contributed by atoms with Crippen molar-refractivity contribution in [1.29, 1.82) is 0 Å². The number of benzene rings is 2. The summed E-state index contributed by atoms with van der Waals surface area (Å²) in [6.45, 7) is 0. The molecule has 0 saturated heterocycles. The van der Waals surface area contributed by atoms with E-state index in [9.17, 15) is 0 Å². The maximum absolute atomic E-state index is 5.66. The highest BCUT2D eigenvalue weighted by molar-refractivity contribution is 5.48. The molecular formula is C21H24O2. The Morgan fingerprint density at radius 2 is 1.22 bits per heavy atom. The standard InChI is InChI=1S/C21H24O2/c1-22-20-10-6-14-4-3-5-15-7-11-21(23-2)19(13-15)17-9-8-16(17)18(20)12-14/h6-7,10-13,16-17H,3-5,8-9H2,1-2H3. The van der Waals surface area contributed by atoms with Gasteiger partial charge in [0.15, 0.2) is 0 Å². The molecule has 0 heterocycles. The quantitative estimate of drug-likeness (QED) is 0.789. The van der Waals surface area contributed by atoms with Gasteiger partial charge in [-0.3, -0.25) is 0 Å². The zero-order valence-electron chi connectivity index (χ0n) is 14.0. The first-order valence-corrected chi connectivity index (χ1v) is 8.64. The van der Waals surface area contributed by atoms with E-state index in [1.165, 1.54) is 41.5 Å². The molecule has 2 atom stereocenters. The van der Waals surface area contributed by atoms with Crippen LogP contribution in [-0.2, 0) is 12.8 Å². The molecule has 2 aromatic carbocycles. The van der Waals surface area contributed by atoms with Crippen LogP contribution in [0.1, 0.15) is 53.4 Å². The van der Waals surface area contributed by atoms with E-state index in [0.717, 1.165) is 24.3 Å². The van der Waals surface area contributed by atoms with Crippen LogP contribution in [0.4, 0.5) is 0 Å². The Bertz CT molecular complexity index is 658. The lowest BCUT2D eigenvalue weighted by molar-refractivity contribution is 0.316. The number of ether oxygens (including phenoxy) is 2. The number of aryl methyl sites for hydroxylation is 2. The first-order chi connectivity index (χ1) is 11.3. The number of hydrogen-bond donors (Lipinski definition) is 0. The molecule has 120 valence electrons. The summed E-state index contributed by atoms with van der Waals surface area (Å²) in [6.07, 6.45) is 5.92. The fraction of sp³-hybridized carbons (Fsp3) is 0.429. The summed E-state index contributed by atoms with van der Waals surface area (Å²) in [4.78, 5) is 0. The third-order valence-corrected chi connectivity index (χ3v) is 5.59. The second-order valence-corrected chi connectivity index (χ2v) is 6.80. The Kier molecular flexibility index (Phi) is 3.76. The molecule has 0 aromatic heterocycles. The van der Waals surface area contributed by atoms with Gasteiger partial charge < -0.3 is 9.47 Å². The maximum atomic E-state index is 5.66. The van der Waals surface area contributed by atoms with Gasteiger partial charge in [0, 0.05) is 0 Å². The first-order valence-electron chi connectivity index (χ1n) is 8.64. The van der Waals surface area contributed by atoms with Gasteiger partial charge in [-0.2, -0.15) is 0 Å². The van der Waals surface area contributed by atoms with Crippen LogP contribution in [-0.4, -0.2) is 14.2 Å². The summed E-state index contributed by atoms with van der Waals surface area (Å²) in [5, 5.41) is 0. The first kappa shape index (κ1) is 14.6. The zero-order valence-corrected chi connectivity index (χ0v) is 14.0. The molecule has 1 saturated carbocycles. The average molecular weight is 308 g/mol. The summed E-state index contributed by atoms with van der Waals surface area (Å²) in [6, 6.07) is 13.5. The SMILES string of the molecule is COc1ccc2cc1C1CCC1c1cc(ccc1OC)CCC2. The Morgan fingerprint density at radius 3 is 1.61 bits per heavy atom. The maximum Gasteiger partial charge on any atom is 0.122 e. The summed E-state index contributed by atoms with van der Waals surface area (Å²) in [5.74, 6) is 3.18. The third kappa shape index (κ3) is 2.50. The summed E-state index contributed by atoms with van der Waals surface area (Å²) in [7, 11) is 3.57. The smallest absolute Gasteiger partial charge is 0.122 e. The Hall–Kier alpha value is -1.96. The molecular weight excluding hydrogens is 284 g/mol. The van der Waals surface area contributed by atoms with E-state index < -0.39 is 0 Å². The van der Waals surface area contributed by atoms with Crippen molar-refractivity contribution in [1.82, 2.24) is 0 Å². The van der Waals surface area contributed by atoms with Gasteiger partial charge in [0.2, 0.25) is 0 Å². The molecule has 2 aliphatic rings. The van der Waals surface area contributed by atoms with Crippen molar-refractivity contribution in [2.45, 2.75) is 43.9 Å². The van der Waals surface area contributed by atoms with E-state index in [1.54, 1.807) is 14.2 Å².